The molecule has 1 aliphatic rings. The van der Waals surface area contributed by atoms with Crippen molar-refractivity contribution in [2.75, 3.05) is 33.4 Å². The van der Waals surface area contributed by atoms with Gasteiger partial charge in [0.15, 0.2) is 0 Å². The van der Waals surface area contributed by atoms with Crippen molar-refractivity contribution in [1.82, 2.24) is 15.1 Å². The molecule has 0 aliphatic carbocycles. The highest BCUT2D eigenvalue weighted by atomic mass is 35.5. The molecule has 1 fully saturated rings. The second-order valence-electron chi connectivity index (χ2n) is 7.10. The summed E-state index contributed by atoms with van der Waals surface area (Å²) in [7, 11) is 1.76. The van der Waals surface area contributed by atoms with Crippen LogP contribution in [-0.2, 0) is 11.3 Å². The fourth-order valence-corrected chi connectivity index (χ4v) is 3.28. The minimum atomic E-state index is -0.166. The van der Waals surface area contributed by atoms with E-state index in [-0.39, 0.29) is 18.0 Å². The first kappa shape index (κ1) is 21.1. The molecule has 6 nitrogen and oxygen atoms in total. The Labute approximate surface area is 176 Å². The molecular formula is C22H26ClN3O3. The third-order valence-corrected chi connectivity index (χ3v) is 5.45. The number of morpholine rings is 1. The lowest BCUT2D eigenvalue weighted by Gasteiger charge is -2.27. The second kappa shape index (κ2) is 9.76. The van der Waals surface area contributed by atoms with Crippen LogP contribution in [0.1, 0.15) is 34.5 Å². The summed E-state index contributed by atoms with van der Waals surface area (Å²) in [6.07, 6.45) is 0. The normalized spacial score (nSPS) is 14.9. The highest BCUT2D eigenvalue weighted by Crippen LogP contribution is 2.21. The lowest BCUT2D eigenvalue weighted by molar-refractivity contribution is 0.0303. The Balaban J connectivity index is 1.53. The van der Waals surface area contributed by atoms with Crippen molar-refractivity contribution >= 4 is 23.5 Å². The third kappa shape index (κ3) is 5.49. The van der Waals surface area contributed by atoms with Gasteiger partial charge in [-0.15, -0.1) is 0 Å². The molecule has 1 heterocycles. The number of carbonyl (C=O) groups excluding carboxylic acids is 2. The number of rotatable bonds is 5. The second-order valence-corrected chi connectivity index (χ2v) is 7.54. The largest absolute Gasteiger partial charge is 0.378 e. The molecule has 1 atom stereocenters. The maximum atomic E-state index is 12.5. The van der Waals surface area contributed by atoms with Gasteiger partial charge in [-0.2, -0.15) is 0 Å². The topological polar surface area (TPSA) is 61.9 Å². The summed E-state index contributed by atoms with van der Waals surface area (Å²) < 4.78 is 5.28. The average Bonchev–Trinajstić information content (AvgIpc) is 2.77. The molecule has 2 aromatic carbocycles. The number of ether oxygens (including phenoxy) is 1. The first-order valence-electron chi connectivity index (χ1n) is 9.68. The zero-order valence-corrected chi connectivity index (χ0v) is 17.5. The predicted molar refractivity (Wildman–Crippen MR) is 113 cm³/mol. The van der Waals surface area contributed by atoms with Gasteiger partial charge >= 0.3 is 6.03 Å². The lowest BCUT2D eigenvalue weighted by atomic mass is 10.1. The molecule has 0 radical (unpaired) electrons. The third-order valence-electron chi connectivity index (χ3n) is 5.20. The average molecular weight is 416 g/mol. The van der Waals surface area contributed by atoms with Crippen LogP contribution < -0.4 is 5.32 Å². The van der Waals surface area contributed by atoms with E-state index in [4.69, 9.17) is 16.3 Å². The van der Waals surface area contributed by atoms with Gasteiger partial charge in [-0.05, 0) is 42.3 Å². The van der Waals surface area contributed by atoms with Crippen LogP contribution in [0.3, 0.4) is 0 Å². The van der Waals surface area contributed by atoms with Crippen LogP contribution >= 0.6 is 11.6 Å². The first-order chi connectivity index (χ1) is 14.0. The Morgan fingerprint density at radius 1 is 1.10 bits per heavy atom. The number of halogens is 1. The molecule has 1 saturated heterocycles. The molecular weight excluding hydrogens is 390 g/mol. The van der Waals surface area contributed by atoms with Crippen LogP contribution in [-0.4, -0.2) is 55.1 Å². The summed E-state index contributed by atoms with van der Waals surface area (Å²) in [5, 5.41) is 3.59. The molecule has 154 valence electrons. The molecule has 1 aliphatic heterocycles. The van der Waals surface area contributed by atoms with Crippen LogP contribution in [0.5, 0.6) is 0 Å². The van der Waals surface area contributed by atoms with Gasteiger partial charge in [0.2, 0.25) is 0 Å². The van der Waals surface area contributed by atoms with Gasteiger partial charge in [-0.25, -0.2) is 4.79 Å². The van der Waals surface area contributed by atoms with E-state index in [1.54, 1.807) is 29.0 Å². The van der Waals surface area contributed by atoms with Crippen molar-refractivity contribution in [3.63, 3.8) is 0 Å². The summed E-state index contributed by atoms with van der Waals surface area (Å²) >= 11 is 5.93. The Morgan fingerprint density at radius 3 is 2.34 bits per heavy atom. The Morgan fingerprint density at radius 2 is 1.72 bits per heavy atom. The van der Waals surface area contributed by atoms with Gasteiger partial charge in [0.25, 0.3) is 5.91 Å². The zero-order chi connectivity index (χ0) is 20.8. The molecule has 29 heavy (non-hydrogen) atoms. The van der Waals surface area contributed by atoms with E-state index < -0.39 is 0 Å². The van der Waals surface area contributed by atoms with E-state index in [1.807, 2.05) is 43.3 Å². The smallest absolute Gasteiger partial charge is 0.317 e. The van der Waals surface area contributed by atoms with Gasteiger partial charge in [0, 0.05) is 37.3 Å². The van der Waals surface area contributed by atoms with Crippen LogP contribution in [0.4, 0.5) is 4.79 Å². The van der Waals surface area contributed by atoms with Crippen molar-refractivity contribution in [2.24, 2.45) is 0 Å². The number of nitrogens with one attached hydrogen (secondary N) is 1. The van der Waals surface area contributed by atoms with Crippen molar-refractivity contribution in [3.8, 4) is 0 Å². The highest BCUT2D eigenvalue weighted by Gasteiger charge is 2.19. The molecule has 0 saturated carbocycles. The van der Waals surface area contributed by atoms with E-state index in [2.05, 4.69) is 5.32 Å². The molecule has 0 spiro atoms. The standard InChI is InChI=1S/C22H26ClN3O3/c1-16(18-7-9-20(23)10-8-18)25(2)22(28)24-15-17-3-5-19(6-4-17)21(27)26-11-13-29-14-12-26/h3-10,16H,11-15H2,1-2H3,(H,24,28). The van der Waals surface area contributed by atoms with Crippen molar-refractivity contribution in [3.05, 3.63) is 70.2 Å². The Kier molecular flexibility index (Phi) is 7.12. The highest BCUT2D eigenvalue weighted by molar-refractivity contribution is 6.30. The number of nitrogens with zero attached hydrogens (tertiary/aromatic N) is 2. The predicted octanol–water partition coefficient (Wildman–Crippen LogP) is 3.72. The molecule has 0 aromatic heterocycles. The number of amides is 3. The summed E-state index contributed by atoms with van der Waals surface area (Å²) in [4.78, 5) is 28.4. The maximum absolute atomic E-state index is 12.5. The van der Waals surface area contributed by atoms with Gasteiger partial charge < -0.3 is 19.9 Å². The van der Waals surface area contributed by atoms with Crippen molar-refractivity contribution in [1.29, 1.82) is 0 Å². The Bertz CT molecular complexity index is 833. The molecule has 1 unspecified atom stereocenters. The molecule has 0 bridgehead atoms. The lowest BCUT2D eigenvalue weighted by Crippen LogP contribution is -2.40. The number of hydrogen-bond donors (Lipinski definition) is 1. The number of carbonyl (C=O) groups is 2. The fourth-order valence-electron chi connectivity index (χ4n) is 3.16. The minimum Gasteiger partial charge on any atom is -0.378 e. The van der Waals surface area contributed by atoms with Gasteiger partial charge in [0.1, 0.15) is 0 Å². The molecule has 1 N–H and O–H groups in total. The number of benzene rings is 2. The van der Waals surface area contributed by atoms with E-state index in [1.165, 1.54) is 0 Å². The first-order valence-corrected chi connectivity index (χ1v) is 10.1. The van der Waals surface area contributed by atoms with Crippen LogP contribution in [0, 0.1) is 0 Å². The molecule has 3 amide bonds. The van der Waals surface area contributed by atoms with Crippen LogP contribution in [0.15, 0.2) is 48.5 Å². The number of urea groups is 1. The summed E-state index contributed by atoms with van der Waals surface area (Å²) in [6.45, 7) is 4.76. The summed E-state index contributed by atoms with van der Waals surface area (Å²) in [6, 6.07) is 14.6. The quantitative estimate of drug-likeness (QED) is 0.809. The van der Waals surface area contributed by atoms with Crippen molar-refractivity contribution < 1.29 is 14.3 Å². The fraction of sp³-hybridized carbons (Fsp3) is 0.364. The van der Waals surface area contributed by atoms with E-state index in [0.29, 0.717) is 43.4 Å². The summed E-state index contributed by atoms with van der Waals surface area (Å²) in [5.74, 6) is 0.0143. The zero-order valence-electron chi connectivity index (χ0n) is 16.7. The SMILES string of the molecule is CC(c1ccc(Cl)cc1)N(C)C(=O)NCc1ccc(C(=O)N2CCOCC2)cc1. The maximum Gasteiger partial charge on any atom is 0.317 e. The van der Waals surface area contributed by atoms with Gasteiger partial charge in [0.05, 0.1) is 19.3 Å². The number of hydrogen-bond acceptors (Lipinski definition) is 3. The van der Waals surface area contributed by atoms with Crippen LogP contribution in [0.25, 0.3) is 0 Å². The molecule has 7 heteroatoms. The summed E-state index contributed by atoms with van der Waals surface area (Å²) in [5.41, 5.74) is 2.60. The monoisotopic (exact) mass is 415 g/mol. The van der Waals surface area contributed by atoms with E-state index in [0.717, 1.165) is 11.1 Å². The molecule has 3 rings (SSSR count). The van der Waals surface area contributed by atoms with Gasteiger partial charge in [-0.3, -0.25) is 4.79 Å². The molecule has 2 aromatic rings. The van der Waals surface area contributed by atoms with E-state index in [9.17, 15) is 9.59 Å². The minimum absolute atomic E-state index is 0.0143. The van der Waals surface area contributed by atoms with Gasteiger partial charge in [-0.1, -0.05) is 35.9 Å². The van der Waals surface area contributed by atoms with E-state index >= 15 is 0 Å². The Hall–Kier alpha value is -2.57. The van der Waals surface area contributed by atoms with Crippen molar-refractivity contribution in [2.45, 2.75) is 19.5 Å². The van der Waals surface area contributed by atoms with Crippen LogP contribution in [0.2, 0.25) is 5.02 Å².